The molecule has 0 saturated heterocycles. The number of carbonyl (C=O) groups excluding carboxylic acids is 1. The van der Waals surface area contributed by atoms with Crippen LogP contribution in [0.2, 0.25) is 0 Å². The highest BCUT2D eigenvalue weighted by Gasteiger charge is 2.05. The predicted octanol–water partition coefficient (Wildman–Crippen LogP) is 0.633. The molecule has 0 N–H and O–H groups in total. The van der Waals surface area contributed by atoms with Gasteiger partial charge in [0.1, 0.15) is 0 Å². The Morgan fingerprint density at radius 2 is 2.50 bits per heavy atom. The molecular formula is C7H9N2O. The molecule has 1 radical (unpaired) electrons. The largest absolute Gasteiger partial charge is 0.290 e. The molecule has 1 rings (SSSR count). The van der Waals surface area contributed by atoms with E-state index < -0.39 is 0 Å². The van der Waals surface area contributed by atoms with Crippen LogP contribution < -0.4 is 0 Å². The monoisotopic (exact) mass is 137 g/mol. The molecule has 10 heavy (non-hydrogen) atoms. The van der Waals surface area contributed by atoms with Crippen molar-refractivity contribution in [3.05, 3.63) is 18.0 Å². The maximum Gasteiger partial charge on any atom is 0.206 e. The van der Waals surface area contributed by atoms with Gasteiger partial charge in [-0.05, 0) is 0 Å². The van der Waals surface area contributed by atoms with Crippen molar-refractivity contribution in [2.24, 2.45) is 7.05 Å². The molecule has 53 valence electrons. The number of hydrogen-bond acceptors (Lipinski definition) is 2. The van der Waals surface area contributed by atoms with Crippen LogP contribution in [0, 0.1) is 0 Å². The fourth-order valence-electron chi connectivity index (χ4n) is 0.732. The zero-order valence-corrected chi connectivity index (χ0v) is 6.03. The van der Waals surface area contributed by atoms with Crippen LogP contribution in [0.15, 0.2) is 12.4 Å². The van der Waals surface area contributed by atoms with Gasteiger partial charge in [-0.25, -0.2) is 0 Å². The van der Waals surface area contributed by atoms with Crippen LogP contribution in [-0.2, 0) is 11.8 Å². The normalized spacial score (nSPS) is 13.0. The second-order valence-corrected chi connectivity index (χ2v) is 2.29. The minimum absolute atomic E-state index is 0.159. The quantitative estimate of drug-likeness (QED) is 0.599. The molecule has 1 aromatic rings. The minimum Gasteiger partial charge on any atom is -0.290 e. The Morgan fingerprint density at radius 3 is 2.90 bits per heavy atom. The smallest absolute Gasteiger partial charge is 0.206 e. The van der Waals surface area contributed by atoms with E-state index in [0.29, 0.717) is 0 Å². The lowest BCUT2D eigenvalue weighted by Gasteiger charge is -1.93. The predicted molar refractivity (Wildman–Crippen MR) is 37.3 cm³/mol. The number of aryl methyl sites for hydroxylation is 1. The van der Waals surface area contributed by atoms with Crippen LogP contribution >= 0.6 is 0 Å². The minimum atomic E-state index is -0.159. The third kappa shape index (κ3) is 1.23. The molecule has 0 fully saturated rings. The zero-order valence-electron chi connectivity index (χ0n) is 6.03. The lowest BCUT2D eigenvalue weighted by Crippen LogP contribution is -1.91. The van der Waals surface area contributed by atoms with Gasteiger partial charge in [0.25, 0.3) is 0 Å². The zero-order chi connectivity index (χ0) is 7.56. The Kier molecular flexibility index (Phi) is 1.85. The van der Waals surface area contributed by atoms with Crippen LogP contribution in [0.5, 0.6) is 0 Å². The Bertz CT molecular complexity index is 229. The molecule has 1 atom stereocenters. The molecule has 0 amide bonds. The van der Waals surface area contributed by atoms with Crippen LogP contribution in [0.4, 0.5) is 0 Å². The summed E-state index contributed by atoms with van der Waals surface area (Å²) in [6, 6.07) is 0. The number of rotatable bonds is 2. The molecule has 0 aliphatic heterocycles. The number of nitrogens with zero attached hydrogens (tertiary/aromatic N) is 2. The fraction of sp³-hybridized carbons (Fsp3) is 0.429. The average Bonchev–Trinajstić information content (AvgIpc) is 2.34. The highest BCUT2D eigenvalue weighted by Crippen LogP contribution is 2.09. The standard InChI is InChI=1S/C7H9N2O/c1-6(5-10)7-3-8-9(2)4-7/h3-4,6H,1-2H3. The maximum absolute atomic E-state index is 10.2. The van der Waals surface area contributed by atoms with Gasteiger partial charge in [-0.1, -0.05) is 6.92 Å². The molecule has 0 saturated carbocycles. The van der Waals surface area contributed by atoms with Crippen molar-refractivity contribution in [3.63, 3.8) is 0 Å². The van der Waals surface area contributed by atoms with Gasteiger partial charge >= 0.3 is 0 Å². The van der Waals surface area contributed by atoms with E-state index in [1.165, 1.54) is 0 Å². The molecule has 0 bridgehead atoms. The molecule has 3 nitrogen and oxygen atoms in total. The summed E-state index contributed by atoms with van der Waals surface area (Å²) in [4.78, 5) is 10.2. The third-order valence-electron chi connectivity index (χ3n) is 1.40. The molecule has 0 aromatic carbocycles. The summed E-state index contributed by atoms with van der Waals surface area (Å²) in [5.74, 6) is -0.159. The van der Waals surface area contributed by atoms with E-state index in [-0.39, 0.29) is 5.92 Å². The van der Waals surface area contributed by atoms with E-state index in [9.17, 15) is 4.79 Å². The molecule has 3 heteroatoms. The van der Waals surface area contributed by atoms with Gasteiger partial charge in [0.2, 0.25) is 6.29 Å². The molecule has 1 aromatic heterocycles. The van der Waals surface area contributed by atoms with E-state index >= 15 is 0 Å². The third-order valence-corrected chi connectivity index (χ3v) is 1.40. The second kappa shape index (κ2) is 2.64. The van der Waals surface area contributed by atoms with Gasteiger partial charge in [0, 0.05) is 18.8 Å². The van der Waals surface area contributed by atoms with Crippen LogP contribution in [0.25, 0.3) is 0 Å². The van der Waals surface area contributed by atoms with Crippen molar-refractivity contribution in [1.82, 2.24) is 9.78 Å². The lowest BCUT2D eigenvalue weighted by molar-refractivity contribution is 0.546. The van der Waals surface area contributed by atoms with E-state index in [0.717, 1.165) is 5.56 Å². The van der Waals surface area contributed by atoms with E-state index in [1.807, 2.05) is 19.5 Å². The fourth-order valence-corrected chi connectivity index (χ4v) is 0.732. The summed E-state index contributed by atoms with van der Waals surface area (Å²) in [7, 11) is 1.82. The van der Waals surface area contributed by atoms with Gasteiger partial charge in [0.15, 0.2) is 0 Å². The van der Waals surface area contributed by atoms with Gasteiger partial charge < -0.3 is 0 Å². The Labute approximate surface area is 59.7 Å². The number of aromatic nitrogens is 2. The summed E-state index contributed by atoms with van der Waals surface area (Å²) < 4.78 is 1.67. The first-order valence-corrected chi connectivity index (χ1v) is 3.10. The first kappa shape index (κ1) is 6.99. The molecular weight excluding hydrogens is 128 g/mol. The summed E-state index contributed by atoms with van der Waals surface area (Å²) >= 11 is 0. The lowest BCUT2D eigenvalue weighted by atomic mass is 10.1. The first-order chi connectivity index (χ1) is 4.74. The van der Waals surface area contributed by atoms with Crippen molar-refractivity contribution in [1.29, 1.82) is 0 Å². The molecule has 0 aliphatic rings. The van der Waals surface area contributed by atoms with Crippen LogP contribution in [-0.4, -0.2) is 16.1 Å². The molecule has 0 aliphatic carbocycles. The first-order valence-electron chi connectivity index (χ1n) is 3.10. The van der Waals surface area contributed by atoms with Crippen molar-refractivity contribution in [3.8, 4) is 0 Å². The van der Waals surface area contributed by atoms with E-state index in [2.05, 4.69) is 5.10 Å². The van der Waals surface area contributed by atoms with Gasteiger partial charge in [-0.2, -0.15) is 5.10 Å². The van der Waals surface area contributed by atoms with Gasteiger partial charge in [-0.15, -0.1) is 0 Å². The highest BCUT2D eigenvalue weighted by molar-refractivity contribution is 5.61. The highest BCUT2D eigenvalue weighted by atomic mass is 16.1. The van der Waals surface area contributed by atoms with Gasteiger partial charge in [-0.3, -0.25) is 9.48 Å². The SMILES string of the molecule is CC([C]=O)c1cnn(C)c1. The van der Waals surface area contributed by atoms with Crippen molar-refractivity contribution >= 4 is 6.29 Å². The molecule has 1 unspecified atom stereocenters. The maximum atomic E-state index is 10.2. The summed E-state index contributed by atoms with van der Waals surface area (Å²) in [5.41, 5.74) is 0.914. The molecule has 0 spiro atoms. The van der Waals surface area contributed by atoms with Crippen LogP contribution in [0.1, 0.15) is 18.4 Å². The Hall–Kier alpha value is -1.12. The van der Waals surface area contributed by atoms with E-state index in [4.69, 9.17) is 0 Å². The Balaban J connectivity index is 2.84. The van der Waals surface area contributed by atoms with Crippen molar-refractivity contribution in [2.45, 2.75) is 12.8 Å². The van der Waals surface area contributed by atoms with Crippen molar-refractivity contribution in [2.75, 3.05) is 0 Å². The molecule has 1 heterocycles. The second-order valence-electron chi connectivity index (χ2n) is 2.29. The van der Waals surface area contributed by atoms with Crippen LogP contribution in [0.3, 0.4) is 0 Å². The average molecular weight is 137 g/mol. The summed E-state index contributed by atoms with van der Waals surface area (Å²) in [6.45, 7) is 1.80. The Morgan fingerprint density at radius 1 is 1.80 bits per heavy atom. The van der Waals surface area contributed by atoms with E-state index in [1.54, 1.807) is 17.8 Å². The number of hydrogen-bond donors (Lipinski definition) is 0. The summed E-state index contributed by atoms with van der Waals surface area (Å²) in [5, 5.41) is 3.92. The topological polar surface area (TPSA) is 34.9 Å². The van der Waals surface area contributed by atoms with Crippen molar-refractivity contribution < 1.29 is 4.79 Å². The summed E-state index contributed by atoms with van der Waals surface area (Å²) in [6.07, 6.45) is 5.38. The van der Waals surface area contributed by atoms with Gasteiger partial charge in [0.05, 0.1) is 12.1 Å².